The summed E-state index contributed by atoms with van der Waals surface area (Å²) >= 11 is 0. The molecule has 1 heterocycles. The molecule has 0 fully saturated rings. The van der Waals surface area contributed by atoms with E-state index in [1.54, 1.807) is 0 Å². The van der Waals surface area contributed by atoms with Gasteiger partial charge in [-0.1, -0.05) is 0 Å². The summed E-state index contributed by atoms with van der Waals surface area (Å²) in [5, 5.41) is 4.05. The van der Waals surface area contributed by atoms with E-state index >= 15 is 0 Å². The topological polar surface area (TPSA) is 43.3 Å². The first kappa shape index (κ1) is 14.4. The Labute approximate surface area is 119 Å². The van der Waals surface area contributed by atoms with Crippen molar-refractivity contribution in [3.63, 3.8) is 0 Å². The molecule has 1 amide bonds. The van der Waals surface area contributed by atoms with Crippen LogP contribution >= 0.6 is 0 Å². The highest BCUT2D eigenvalue weighted by Gasteiger charge is 2.14. The van der Waals surface area contributed by atoms with Gasteiger partial charge in [0, 0.05) is 22.6 Å². The van der Waals surface area contributed by atoms with Gasteiger partial charge in [-0.3, -0.25) is 4.79 Å². The molecule has 0 aliphatic carbocycles. The normalized spacial score (nSPS) is 11.6. The van der Waals surface area contributed by atoms with Gasteiger partial charge in [0.15, 0.2) is 0 Å². The second-order valence-electron chi connectivity index (χ2n) is 5.90. The first-order valence-electron chi connectivity index (χ1n) is 6.92. The van der Waals surface area contributed by atoms with Crippen LogP contribution in [0.5, 0.6) is 5.75 Å². The first-order valence-corrected chi connectivity index (χ1v) is 6.92. The summed E-state index contributed by atoms with van der Waals surface area (Å²) in [6.07, 6.45) is 1.93. The number of fused-ring (bicyclic) bond motifs is 1. The van der Waals surface area contributed by atoms with Gasteiger partial charge in [0.25, 0.3) is 0 Å². The molecule has 0 radical (unpaired) electrons. The second kappa shape index (κ2) is 5.57. The third-order valence-electron chi connectivity index (χ3n) is 2.88. The molecule has 0 aliphatic heterocycles. The lowest BCUT2D eigenvalue weighted by molar-refractivity contribution is -0.123. The van der Waals surface area contributed by atoms with Crippen molar-refractivity contribution in [2.75, 3.05) is 6.61 Å². The SMILES string of the molecule is CCOc1ccc2c(ccn2CC(=O)NC(C)(C)C)c1. The molecule has 2 rings (SSSR count). The summed E-state index contributed by atoms with van der Waals surface area (Å²) in [6.45, 7) is 8.88. The Morgan fingerprint density at radius 2 is 2.05 bits per heavy atom. The lowest BCUT2D eigenvalue weighted by Gasteiger charge is -2.20. The fraction of sp³-hybridized carbons (Fsp3) is 0.438. The van der Waals surface area contributed by atoms with Crippen LogP contribution in [-0.2, 0) is 11.3 Å². The average molecular weight is 274 g/mol. The molecular formula is C16H22N2O2. The number of aromatic nitrogens is 1. The quantitative estimate of drug-likeness (QED) is 0.931. The number of carbonyl (C=O) groups excluding carboxylic acids is 1. The Kier molecular flexibility index (Phi) is 4.02. The van der Waals surface area contributed by atoms with Crippen LogP contribution < -0.4 is 10.1 Å². The van der Waals surface area contributed by atoms with Crippen LogP contribution in [0.3, 0.4) is 0 Å². The van der Waals surface area contributed by atoms with Gasteiger partial charge < -0.3 is 14.6 Å². The third kappa shape index (κ3) is 3.53. The van der Waals surface area contributed by atoms with Crippen molar-refractivity contribution in [1.82, 2.24) is 9.88 Å². The average Bonchev–Trinajstić information content (AvgIpc) is 2.70. The first-order chi connectivity index (χ1) is 9.39. The summed E-state index contributed by atoms with van der Waals surface area (Å²) in [5.41, 5.74) is 0.833. The van der Waals surface area contributed by atoms with Crippen molar-refractivity contribution in [3.8, 4) is 5.75 Å². The molecule has 0 saturated heterocycles. The van der Waals surface area contributed by atoms with Crippen LogP contribution in [0.15, 0.2) is 30.5 Å². The van der Waals surface area contributed by atoms with Crippen molar-refractivity contribution in [2.24, 2.45) is 0 Å². The maximum absolute atomic E-state index is 12.0. The molecule has 1 aromatic heterocycles. The van der Waals surface area contributed by atoms with E-state index in [1.165, 1.54) is 0 Å². The predicted octanol–water partition coefficient (Wildman–Crippen LogP) is 2.95. The van der Waals surface area contributed by atoms with Crippen LogP contribution in [0.1, 0.15) is 27.7 Å². The van der Waals surface area contributed by atoms with E-state index in [4.69, 9.17) is 4.74 Å². The van der Waals surface area contributed by atoms with E-state index in [9.17, 15) is 4.79 Å². The maximum atomic E-state index is 12.0. The smallest absolute Gasteiger partial charge is 0.240 e. The van der Waals surface area contributed by atoms with Gasteiger partial charge in [-0.15, -0.1) is 0 Å². The minimum absolute atomic E-state index is 0.0175. The van der Waals surface area contributed by atoms with Gasteiger partial charge in [0.1, 0.15) is 12.3 Å². The van der Waals surface area contributed by atoms with E-state index in [1.807, 2.05) is 62.7 Å². The highest BCUT2D eigenvalue weighted by molar-refractivity contribution is 5.84. The number of amides is 1. The highest BCUT2D eigenvalue weighted by Crippen LogP contribution is 2.22. The summed E-state index contributed by atoms with van der Waals surface area (Å²) in [6, 6.07) is 7.92. The molecule has 4 nitrogen and oxygen atoms in total. The largest absolute Gasteiger partial charge is 0.494 e. The molecule has 0 aliphatic rings. The summed E-state index contributed by atoms with van der Waals surface area (Å²) in [5.74, 6) is 0.876. The van der Waals surface area contributed by atoms with Gasteiger partial charge in [0.2, 0.25) is 5.91 Å². The number of nitrogens with zero attached hydrogens (tertiary/aromatic N) is 1. The van der Waals surface area contributed by atoms with Crippen LogP contribution in [0, 0.1) is 0 Å². The molecule has 1 aromatic carbocycles. The number of rotatable bonds is 4. The van der Waals surface area contributed by atoms with E-state index in [0.717, 1.165) is 16.7 Å². The number of hydrogen-bond donors (Lipinski definition) is 1. The van der Waals surface area contributed by atoms with Crippen LogP contribution in [0.4, 0.5) is 0 Å². The molecule has 0 unspecified atom stereocenters. The molecule has 2 aromatic rings. The monoisotopic (exact) mass is 274 g/mol. The van der Waals surface area contributed by atoms with Gasteiger partial charge >= 0.3 is 0 Å². The Morgan fingerprint density at radius 1 is 1.30 bits per heavy atom. The maximum Gasteiger partial charge on any atom is 0.240 e. The summed E-state index contributed by atoms with van der Waals surface area (Å²) in [4.78, 5) is 12.0. The van der Waals surface area contributed by atoms with E-state index in [-0.39, 0.29) is 11.4 Å². The van der Waals surface area contributed by atoms with Crippen LogP contribution in [0.2, 0.25) is 0 Å². The molecule has 0 spiro atoms. The van der Waals surface area contributed by atoms with Gasteiger partial charge in [0.05, 0.1) is 6.61 Å². The molecule has 20 heavy (non-hydrogen) atoms. The Hall–Kier alpha value is -1.97. The molecular weight excluding hydrogens is 252 g/mol. The number of hydrogen-bond acceptors (Lipinski definition) is 2. The van der Waals surface area contributed by atoms with E-state index in [0.29, 0.717) is 13.2 Å². The number of carbonyl (C=O) groups is 1. The Morgan fingerprint density at radius 3 is 2.70 bits per heavy atom. The Bertz CT molecular complexity index is 608. The molecule has 0 atom stereocenters. The van der Waals surface area contributed by atoms with Gasteiger partial charge in [-0.05, 0) is 52.0 Å². The van der Waals surface area contributed by atoms with E-state index < -0.39 is 0 Å². The van der Waals surface area contributed by atoms with Crippen molar-refractivity contribution in [3.05, 3.63) is 30.5 Å². The fourth-order valence-corrected chi connectivity index (χ4v) is 2.19. The number of ether oxygens (including phenoxy) is 1. The summed E-state index contributed by atoms with van der Waals surface area (Å²) < 4.78 is 7.43. The zero-order valence-electron chi connectivity index (χ0n) is 12.6. The minimum Gasteiger partial charge on any atom is -0.494 e. The second-order valence-corrected chi connectivity index (χ2v) is 5.90. The number of nitrogens with one attached hydrogen (secondary N) is 1. The lowest BCUT2D eigenvalue weighted by Crippen LogP contribution is -2.42. The highest BCUT2D eigenvalue weighted by atomic mass is 16.5. The third-order valence-corrected chi connectivity index (χ3v) is 2.88. The Balaban J connectivity index is 2.17. The molecule has 0 saturated carbocycles. The number of benzene rings is 1. The van der Waals surface area contributed by atoms with E-state index in [2.05, 4.69) is 5.32 Å². The predicted molar refractivity (Wildman–Crippen MR) is 81.0 cm³/mol. The van der Waals surface area contributed by atoms with Crippen molar-refractivity contribution in [2.45, 2.75) is 39.8 Å². The molecule has 108 valence electrons. The lowest BCUT2D eigenvalue weighted by atomic mass is 10.1. The van der Waals surface area contributed by atoms with Crippen molar-refractivity contribution < 1.29 is 9.53 Å². The standard InChI is InChI=1S/C16H22N2O2/c1-5-20-13-6-7-14-12(10-13)8-9-18(14)11-15(19)17-16(2,3)4/h6-10H,5,11H2,1-4H3,(H,17,19). The van der Waals surface area contributed by atoms with Crippen molar-refractivity contribution >= 4 is 16.8 Å². The zero-order valence-corrected chi connectivity index (χ0v) is 12.6. The van der Waals surface area contributed by atoms with Gasteiger partial charge in [-0.2, -0.15) is 0 Å². The molecule has 1 N–H and O–H groups in total. The molecule has 4 heteroatoms. The van der Waals surface area contributed by atoms with Crippen molar-refractivity contribution in [1.29, 1.82) is 0 Å². The fourth-order valence-electron chi connectivity index (χ4n) is 2.19. The van der Waals surface area contributed by atoms with Crippen LogP contribution in [0.25, 0.3) is 10.9 Å². The van der Waals surface area contributed by atoms with Gasteiger partial charge in [-0.25, -0.2) is 0 Å². The minimum atomic E-state index is -0.206. The zero-order chi connectivity index (χ0) is 14.8. The van der Waals surface area contributed by atoms with Crippen LogP contribution in [-0.4, -0.2) is 22.6 Å². The summed E-state index contributed by atoms with van der Waals surface area (Å²) in [7, 11) is 0. The molecule has 0 bridgehead atoms.